The predicted octanol–water partition coefficient (Wildman–Crippen LogP) is 4.96. The summed E-state index contributed by atoms with van der Waals surface area (Å²) in [5, 5.41) is 2.73. The second-order valence-corrected chi connectivity index (χ2v) is 9.18. The molecule has 30 heavy (non-hydrogen) atoms. The van der Waals surface area contributed by atoms with Crippen LogP contribution in [0.1, 0.15) is 12.5 Å². The summed E-state index contributed by atoms with van der Waals surface area (Å²) in [6.07, 6.45) is -0.803. The molecule has 8 heteroatoms. The fourth-order valence-corrected chi connectivity index (χ4v) is 4.35. The number of benzene rings is 3. The molecule has 0 aliphatic heterocycles. The molecule has 0 radical (unpaired) electrons. The van der Waals surface area contributed by atoms with Crippen molar-refractivity contribution >= 4 is 43.2 Å². The highest BCUT2D eigenvalue weighted by Gasteiger charge is 2.20. The molecule has 0 bridgehead atoms. The Morgan fingerprint density at radius 1 is 0.967 bits per heavy atom. The van der Waals surface area contributed by atoms with Crippen molar-refractivity contribution in [3.8, 4) is 5.75 Å². The number of ether oxygens (including phenoxy) is 1. The molecule has 2 N–H and O–H groups in total. The average molecular weight is 489 g/mol. The maximum absolute atomic E-state index is 12.7. The lowest BCUT2D eigenvalue weighted by atomic mass is 10.2. The zero-order valence-corrected chi connectivity index (χ0v) is 18.8. The molecular formula is C22H21BrN2O4S. The van der Waals surface area contributed by atoms with Gasteiger partial charge in [0, 0.05) is 0 Å². The van der Waals surface area contributed by atoms with Crippen LogP contribution in [0.4, 0.5) is 11.4 Å². The molecule has 0 aliphatic rings. The third-order valence-corrected chi connectivity index (χ3v) is 6.24. The van der Waals surface area contributed by atoms with Crippen LogP contribution in [0.5, 0.6) is 5.75 Å². The molecule has 3 rings (SSSR count). The van der Waals surface area contributed by atoms with Crippen molar-refractivity contribution in [1.29, 1.82) is 0 Å². The predicted molar refractivity (Wildman–Crippen MR) is 121 cm³/mol. The quantitative estimate of drug-likeness (QED) is 0.491. The van der Waals surface area contributed by atoms with Gasteiger partial charge < -0.3 is 10.1 Å². The van der Waals surface area contributed by atoms with Crippen LogP contribution in [0.3, 0.4) is 0 Å². The van der Waals surface area contributed by atoms with Crippen molar-refractivity contribution in [2.45, 2.75) is 24.8 Å². The second kappa shape index (κ2) is 9.32. The van der Waals surface area contributed by atoms with Crippen molar-refractivity contribution in [2.24, 2.45) is 0 Å². The third kappa shape index (κ3) is 5.40. The van der Waals surface area contributed by atoms with E-state index in [1.807, 2.05) is 19.1 Å². The zero-order chi connectivity index (χ0) is 21.7. The number of hydrogen-bond donors (Lipinski definition) is 2. The summed E-state index contributed by atoms with van der Waals surface area (Å²) < 4.78 is 34.3. The number of amides is 1. The van der Waals surface area contributed by atoms with Gasteiger partial charge in [0.05, 0.1) is 20.7 Å². The van der Waals surface area contributed by atoms with Gasteiger partial charge in [-0.3, -0.25) is 9.52 Å². The van der Waals surface area contributed by atoms with Gasteiger partial charge in [-0.1, -0.05) is 36.4 Å². The highest BCUT2D eigenvalue weighted by Crippen LogP contribution is 2.28. The molecule has 3 aromatic carbocycles. The number of halogens is 1. The van der Waals surface area contributed by atoms with Crippen LogP contribution >= 0.6 is 15.9 Å². The molecule has 156 valence electrons. The number of aryl methyl sites for hydroxylation is 1. The van der Waals surface area contributed by atoms with E-state index in [1.165, 1.54) is 12.1 Å². The Hall–Kier alpha value is -2.84. The largest absolute Gasteiger partial charge is 0.480 e. The number of carbonyl (C=O) groups excluding carboxylic acids is 1. The van der Waals surface area contributed by atoms with Crippen molar-refractivity contribution in [2.75, 3.05) is 10.0 Å². The summed E-state index contributed by atoms with van der Waals surface area (Å²) >= 11 is 3.42. The zero-order valence-electron chi connectivity index (χ0n) is 16.4. The van der Waals surface area contributed by atoms with E-state index in [1.54, 1.807) is 55.5 Å². The van der Waals surface area contributed by atoms with Gasteiger partial charge in [0.1, 0.15) is 5.75 Å². The molecule has 0 aliphatic carbocycles. The van der Waals surface area contributed by atoms with Gasteiger partial charge in [0.2, 0.25) is 0 Å². The van der Waals surface area contributed by atoms with Gasteiger partial charge in [-0.2, -0.15) is 0 Å². The van der Waals surface area contributed by atoms with Gasteiger partial charge in [0.25, 0.3) is 15.9 Å². The lowest BCUT2D eigenvalue weighted by Crippen LogP contribution is -2.30. The molecule has 0 saturated carbocycles. The fourth-order valence-electron chi connectivity index (χ4n) is 2.66. The maximum atomic E-state index is 12.7. The first-order valence-electron chi connectivity index (χ1n) is 9.17. The van der Waals surface area contributed by atoms with Crippen LogP contribution < -0.4 is 14.8 Å². The highest BCUT2D eigenvalue weighted by molar-refractivity contribution is 9.10. The minimum atomic E-state index is -3.79. The molecule has 0 aromatic heterocycles. The van der Waals surface area contributed by atoms with Crippen molar-refractivity contribution in [3.05, 3.63) is 82.8 Å². The SMILES string of the molecule is Cc1ccc(OC(C)C(=O)Nc2ccccc2NS(=O)(=O)c2ccccc2)c(Br)c1. The normalized spacial score (nSPS) is 12.1. The number of rotatable bonds is 7. The highest BCUT2D eigenvalue weighted by atomic mass is 79.9. The Morgan fingerprint density at radius 3 is 2.27 bits per heavy atom. The van der Waals surface area contributed by atoms with E-state index in [2.05, 4.69) is 26.0 Å². The number of carbonyl (C=O) groups is 1. The summed E-state index contributed by atoms with van der Waals surface area (Å²) in [4.78, 5) is 12.8. The van der Waals surface area contributed by atoms with Gasteiger partial charge in [-0.05, 0) is 71.7 Å². The monoisotopic (exact) mass is 488 g/mol. The lowest BCUT2D eigenvalue weighted by Gasteiger charge is -2.18. The van der Waals surface area contributed by atoms with E-state index in [-0.39, 0.29) is 10.6 Å². The molecule has 6 nitrogen and oxygen atoms in total. The van der Waals surface area contributed by atoms with Crippen LogP contribution in [-0.4, -0.2) is 20.4 Å². The smallest absolute Gasteiger partial charge is 0.265 e. The van der Waals surface area contributed by atoms with Gasteiger partial charge >= 0.3 is 0 Å². The van der Waals surface area contributed by atoms with Crippen LogP contribution in [0, 0.1) is 6.92 Å². The Kier molecular flexibility index (Phi) is 6.79. The molecule has 1 unspecified atom stereocenters. The number of anilines is 2. The number of nitrogens with one attached hydrogen (secondary N) is 2. The van der Waals surface area contributed by atoms with Crippen LogP contribution in [-0.2, 0) is 14.8 Å². The number of para-hydroxylation sites is 2. The van der Waals surface area contributed by atoms with E-state index >= 15 is 0 Å². The van der Waals surface area contributed by atoms with Crippen LogP contribution in [0.2, 0.25) is 0 Å². The molecule has 0 saturated heterocycles. The van der Waals surface area contributed by atoms with E-state index in [4.69, 9.17) is 4.74 Å². The fraction of sp³-hybridized carbons (Fsp3) is 0.136. The first-order chi connectivity index (χ1) is 14.3. The molecule has 1 amide bonds. The average Bonchev–Trinajstić information content (AvgIpc) is 2.72. The van der Waals surface area contributed by atoms with Crippen LogP contribution in [0.25, 0.3) is 0 Å². The minimum absolute atomic E-state index is 0.132. The van der Waals surface area contributed by atoms with E-state index in [0.29, 0.717) is 11.4 Å². The van der Waals surface area contributed by atoms with Gasteiger partial charge in [-0.25, -0.2) is 8.42 Å². The minimum Gasteiger partial charge on any atom is -0.480 e. The topological polar surface area (TPSA) is 84.5 Å². The lowest BCUT2D eigenvalue weighted by molar-refractivity contribution is -0.122. The maximum Gasteiger partial charge on any atom is 0.265 e. The van der Waals surface area contributed by atoms with Crippen molar-refractivity contribution in [1.82, 2.24) is 0 Å². The van der Waals surface area contributed by atoms with E-state index in [0.717, 1.165) is 10.0 Å². The number of hydrogen-bond acceptors (Lipinski definition) is 4. The number of sulfonamides is 1. The summed E-state index contributed by atoms with van der Waals surface area (Å²) in [7, 11) is -3.79. The molecule has 0 fully saturated rings. The Bertz CT molecular complexity index is 1150. The summed E-state index contributed by atoms with van der Waals surface area (Å²) in [6.45, 7) is 3.58. The van der Waals surface area contributed by atoms with E-state index in [9.17, 15) is 13.2 Å². The second-order valence-electron chi connectivity index (χ2n) is 6.65. The Balaban J connectivity index is 1.75. The van der Waals surface area contributed by atoms with Gasteiger partial charge in [0.15, 0.2) is 6.10 Å². The molecule has 0 heterocycles. The molecular weight excluding hydrogens is 468 g/mol. The van der Waals surface area contributed by atoms with Crippen molar-refractivity contribution in [3.63, 3.8) is 0 Å². The molecule has 0 spiro atoms. The first kappa shape index (κ1) is 21.9. The van der Waals surface area contributed by atoms with Crippen molar-refractivity contribution < 1.29 is 17.9 Å². The molecule has 3 aromatic rings. The van der Waals surface area contributed by atoms with Gasteiger partial charge in [-0.15, -0.1) is 0 Å². The third-order valence-electron chi connectivity index (χ3n) is 4.24. The summed E-state index contributed by atoms with van der Waals surface area (Å²) in [5.41, 5.74) is 1.66. The first-order valence-corrected chi connectivity index (χ1v) is 11.4. The Morgan fingerprint density at radius 2 is 1.60 bits per heavy atom. The standard InChI is InChI=1S/C22H21BrN2O4S/c1-15-12-13-21(18(23)14-15)29-16(2)22(26)24-19-10-6-7-11-20(19)25-30(27,28)17-8-4-3-5-9-17/h3-14,16,25H,1-2H3,(H,24,26). The Labute approximate surface area is 184 Å². The molecule has 1 atom stereocenters. The van der Waals surface area contributed by atoms with Crippen LogP contribution in [0.15, 0.2) is 82.2 Å². The van der Waals surface area contributed by atoms with E-state index < -0.39 is 22.0 Å². The summed E-state index contributed by atoms with van der Waals surface area (Å²) in [5.74, 6) is 0.134. The summed E-state index contributed by atoms with van der Waals surface area (Å²) in [6, 6.07) is 20.2.